The summed E-state index contributed by atoms with van der Waals surface area (Å²) < 4.78 is 0.650. The van der Waals surface area contributed by atoms with Gasteiger partial charge in [0.05, 0.1) is 11.6 Å². The van der Waals surface area contributed by atoms with Crippen LogP contribution < -0.4 is 5.32 Å². The van der Waals surface area contributed by atoms with Crippen LogP contribution in [0.25, 0.3) is 0 Å². The standard InChI is InChI=1S/C11H9BrClNO/c1-3-7(2)14-11(15)9-5-4-8(13)6-10(9)12/h1,4-7H,2H3,(H,14,15). The van der Waals surface area contributed by atoms with Gasteiger partial charge >= 0.3 is 0 Å². The van der Waals surface area contributed by atoms with Gasteiger partial charge in [-0.15, -0.1) is 6.42 Å². The van der Waals surface area contributed by atoms with E-state index in [2.05, 4.69) is 27.2 Å². The minimum Gasteiger partial charge on any atom is -0.339 e. The Labute approximate surface area is 102 Å². The number of terminal acetylenes is 1. The van der Waals surface area contributed by atoms with E-state index >= 15 is 0 Å². The second-order valence-electron chi connectivity index (χ2n) is 2.99. The molecule has 0 fully saturated rings. The van der Waals surface area contributed by atoms with E-state index in [0.717, 1.165) is 0 Å². The van der Waals surface area contributed by atoms with Crippen LogP contribution in [0.2, 0.25) is 5.02 Å². The SMILES string of the molecule is C#CC(C)NC(=O)c1ccc(Cl)cc1Br. The van der Waals surface area contributed by atoms with Crippen LogP contribution in [-0.2, 0) is 0 Å². The molecule has 1 unspecified atom stereocenters. The van der Waals surface area contributed by atoms with Gasteiger partial charge in [-0.05, 0) is 41.1 Å². The van der Waals surface area contributed by atoms with Crippen molar-refractivity contribution in [1.29, 1.82) is 0 Å². The van der Waals surface area contributed by atoms with Crippen molar-refractivity contribution in [1.82, 2.24) is 5.32 Å². The molecule has 1 rings (SSSR count). The zero-order chi connectivity index (χ0) is 11.4. The van der Waals surface area contributed by atoms with E-state index in [1.165, 1.54) is 0 Å². The maximum Gasteiger partial charge on any atom is 0.253 e. The van der Waals surface area contributed by atoms with Crippen molar-refractivity contribution in [3.8, 4) is 12.3 Å². The third-order valence-corrected chi connectivity index (χ3v) is 2.66. The Bertz CT molecular complexity index is 425. The quantitative estimate of drug-likeness (QED) is 0.832. The summed E-state index contributed by atoms with van der Waals surface area (Å²) in [5.74, 6) is 2.20. The molecule has 15 heavy (non-hydrogen) atoms. The third-order valence-electron chi connectivity index (χ3n) is 1.77. The lowest BCUT2D eigenvalue weighted by molar-refractivity contribution is 0.0947. The lowest BCUT2D eigenvalue weighted by Crippen LogP contribution is -2.31. The van der Waals surface area contributed by atoms with Gasteiger partial charge in [0.2, 0.25) is 0 Å². The van der Waals surface area contributed by atoms with Crippen molar-refractivity contribution < 1.29 is 4.79 Å². The van der Waals surface area contributed by atoms with Crippen LogP contribution in [0.15, 0.2) is 22.7 Å². The van der Waals surface area contributed by atoms with Crippen molar-refractivity contribution in [3.05, 3.63) is 33.3 Å². The van der Waals surface area contributed by atoms with E-state index in [1.54, 1.807) is 25.1 Å². The molecule has 0 aliphatic heterocycles. The fourth-order valence-corrected chi connectivity index (χ4v) is 1.85. The van der Waals surface area contributed by atoms with E-state index in [-0.39, 0.29) is 11.9 Å². The number of hydrogen-bond acceptors (Lipinski definition) is 1. The van der Waals surface area contributed by atoms with Gasteiger partial charge in [-0.3, -0.25) is 4.79 Å². The maximum absolute atomic E-state index is 11.7. The van der Waals surface area contributed by atoms with Gasteiger partial charge in [-0.1, -0.05) is 17.5 Å². The Morgan fingerprint density at radius 3 is 2.87 bits per heavy atom. The number of carbonyl (C=O) groups is 1. The van der Waals surface area contributed by atoms with Gasteiger partial charge in [0, 0.05) is 9.50 Å². The van der Waals surface area contributed by atoms with Crippen LogP contribution in [0.1, 0.15) is 17.3 Å². The van der Waals surface area contributed by atoms with Gasteiger partial charge in [0.1, 0.15) is 0 Å². The molecule has 1 aromatic rings. The van der Waals surface area contributed by atoms with Crippen LogP contribution >= 0.6 is 27.5 Å². The molecule has 0 spiro atoms. The second-order valence-corrected chi connectivity index (χ2v) is 4.28. The van der Waals surface area contributed by atoms with Crippen molar-refractivity contribution in [3.63, 3.8) is 0 Å². The van der Waals surface area contributed by atoms with Crippen LogP contribution in [0.3, 0.4) is 0 Å². The smallest absolute Gasteiger partial charge is 0.253 e. The minimum atomic E-state index is -0.292. The maximum atomic E-state index is 11.7. The fourth-order valence-electron chi connectivity index (χ4n) is 0.990. The number of amides is 1. The van der Waals surface area contributed by atoms with E-state index in [1.807, 2.05) is 0 Å². The van der Waals surface area contributed by atoms with Gasteiger partial charge in [0.25, 0.3) is 5.91 Å². The zero-order valence-electron chi connectivity index (χ0n) is 8.05. The molecule has 0 aromatic heterocycles. The Morgan fingerprint density at radius 1 is 1.67 bits per heavy atom. The largest absolute Gasteiger partial charge is 0.339 e. The Hall–Kier alpha value is -0.980. The van der Waals surface area contributed by atoms with Crippen LogP contribution in [-0.4, -0.2) is 11.9 Å². The number of nitrogens with one attached hydrogen (secondary N) is 1. The highest BCUT2D eigenvalue weighted by atomic mass is 79.9. The third kappa shape index (κ3) is 3.26. The fraction of sp³-hybridized carbons (Fsp3) is 0.182. The first-order valence-corrected chi connectivity index (χ1v) is 5.43. The Morgan fingerprint density at radius 2 is 2.33 bits per heavy atom. The number of hydrogen-bond donors (Lipinski definition) is 1. The van der Waals surface area contributed by atoms with Crippen LogP contribution in [0.4, 0.5) is 0 Å². The summed E-state index contributed by atoms with van der Waals surface area (Å²) in [6, 6.07) is 4.67. The molecule has 2 nitrogen and oxygen atoms in total. The average Bonchev–Trinajstić information content (AvgIpc) is 2.17. The predicted molar refractivity (Wildman–Crippen MR) is 64.9 cm³/mol. The lowest BCUT2D eigenvalue weighted by atomic mass is 10.2. The summed E-state index contributed by atoms with van der Waals surface area (Å²) >= 11 is 9.02. The molecule has 0 aliphatic rings. The van der Waals surface area contributed by atoms with Gasteiger partial charge in [-0.2, -0.15) is 0 Å². The average molecular weight is 287 g/mol. The summed E-state index contributed by atoms with van der Waals surface area (Å²) in [5.41, 5.74) is 0.515. The minimum absolute atomic E-state index is 0.219. The number of benzene rings is 1. The molecule has 1 N–H and O–H groups in total. The van der Waals surface area contributed by atoms with Gasteiger partial charge in [0.15, 0.2) is 0 Å². The zero-order valence-corrected chi connectivity index (χ0v) is 10.4. The van der Waals surface area contributed by atoms with Crippen molar-refractivity contribution in [2.75, 3.05) is 0 Å². The highest BCUT2D eigenvalue weighted by Crippen LogP contribution is 2.21. The summed E-state index contributed by atoms with van der Waals surface area (Å²) in [6.07, 6.45) is 5.16. The Balaban J connectivity index is 2.88. The molecule has 0 heterocycles. The second kappa shape index (κ2) is 5.20. The summed E-state index contributed by atoms with van der Waals surface area (Å²) in [5, 5.41) is 3.23. The first-order chi connectivity index (χ1) is 7.04. The molecular formula is C11H9BrClNO. The molecule has 0 saturated heterocycles. The first-order valence-electron chi connectivity index (χ1n) is 4.26. The molecule has 0 aliphatic carbocycles. The van der Waals surface area contributed by atoms with Crippen molar-refractivity contribution in [2.24, 2.45) is 0 Å². The van der Waals surface area contributed by atoms with Crippen LogP contribution in [0, 0.1) is 12.3 Å². The summed E-state index contributed by atoms with van der Waals surface area (Å²) in [4.78, 5) is 11.7. The number of rotatable bonds is 2. The predicted octanol–water partition coefficient (Wildman–Crippen LogP) is 2.85. The van der Waals surface area contributed by atoms with Gasteiger partial charge < -0.3 is 5.32 Å². The molecule has 1 atom stereocenters. The molecule has 0 radical (unpaired) electrons. The molecule has 0 saturated carbocycles. The van der Waals surface area contributed by atoms with E-state index < -0.39 is 0 Å². The molecular weight excluding hydrogens is 277 g/mol. The summed E-state index contributed by atoms with van der Waals surface area (Å²) in [6.45, 7) is 1.74. The number of halogens is 2. The first kappa shape index (κ1) is 12.1. The van der Waals surface area contributed by atoms with Gasteiger partial charge in [-0.25, -0.2) is 0 Å². The van der Waals surface area contributed by atoms with E-state index in [4.69, 9.17) is 18.0 Å². The molecule has 4 heteroatoms. The monoisotopic (exact) mass is 285 g/mol. The molecule has 1 aromatic carbocycles. The Kier molecular flexibility index (Phi) is 4.19. The highest BCUT2D eigenvalue weighted by Gasteiger charge is 2.11. The van der Waals surface area contributed by atoms with Crippen molar-refractivity contribution >= 4 is 33.4 Å². The number of carbonyl (C=O) groups excluding carboxylic acids is 1. The molecule has 1 amide bonds. The van der Waals surface area contributed by atoms with Crippen molar-refractivity contribution in [2.45, 2.75) is 13.0 Å². The topological polar surface area (TPSA) is 29.1 Å². The highest BCUT2D eigenvalue weighted by molar-refractivity contribution is 9.10. The lowest BCUT2D eigenvalue weighted by Gasteiger charge is -2.09. The van der Waals surface area contributed by atoms with Crippen LogP contribution in [0.5, 0.6) is 0 Å². The molecule has 78 valence electrons. The summed E-state index contributed by atoms with van der Waals surface area (Å²) in [7, 11) is 0. The molecule has 0 bridgehead atoms. The van der Waals surface area contributed by atoms with E-state index in [9.17, 15) is 4.79 Å². The normalized spacial score (nSPS) is 11.6. The van der Waals surface area contributed by atoms with E-state index in [0.29, 0.717) is 15.1 Å².